The van der Waals surface area contributed by atoms with E-state index in [0.29, 0.717) is 41.6 Å². The van der Waals surface area contributed by atoms with Gasteiger partial charge in [0.25, 0.3) is 5.91 Å². The van der Waals surface area contributed by atoms with E-state index in [-0.39, 0.29) is 11.7 Å². The molecule has 2 aromatic carbocycles. The number of aryl methyl sites for hydroxylation is 1. The van der Waals surface area contributed by atoms with Crippen LogP contribution in [0, 0.1) is 0 Å². The molecule has 0 spiro atoms. The Morgan fingerprint density at radius 1 is 1.09 bits per heavy atom. The van der Waals surface area contributed by atoms with Crippen LogP contribution in [0.5, 0.6) is 5.75 Å². The number of fused-ring (bicyclic) bond motifs is 1. The van der Waals surface area contributed by atoms with Crippen molar-refractivity contribution < 1.29 is 14.3 Å². The van der Waals surface area contributed by atoms with Gasteiger partial charge in [-0.25, -0.2) is 0 Å². The Labute approximate surface area is 194 Å². The van der Waals surface area contributed by atoms with Crippen molar-refractivity contribution in [3.8, 4) is 5.75 Å². The van der Waals surface area contributed by atoms with E-state index in [1.165, 1.54) is 5.56 Å². The Balaban J connectivity index is 1.27. The summed E-state index contributed by atoms with van der Waals surface area (Å²) in [6, 6.07) is 18.0. The number of anilines is 1. The molecule has 1 aliphatic carbocycles. The molecular weight excluding hydrogens is 414 g/mol. The number of amides is 1. The van der Waals surface area contributed by atoms with Crippen molar-refractivity contribution in [2.75, 3.05) is 18.5 Å². The van der Waals surface area contributed by atoms with E-state index in [1.54, 1.807) is 6.20 Å². The largest absolute Gasteiger partial charge is 0.493 e. The molecule has 6 heteroatoms. The number of carbonyl (C=O) groups is 2. The van der Waals surface area contributed by atoms with Crippen LogP contribution in [0.3, 0.4) is 0 Å². The first-order chi connectivity index (χ1) is 16.1. The van der Waals surface area contributed by atoms with Crippen LogP contribution in [-0.4, -0.2) is 29.8 Å². The second-order valence-corrected chi connectivity index (χ2v) is 8.46. The van der Waals surface area contributed by atoms with Gasteiger partial charge in [-0.05, 0) is 56.8 Å². The third-order valence-electron chi connectivity index (χ3n) is 6.00. The van der Waals surface area contributed by atoms with Gasteiger partial charge in [0.05, 0.1) is 17.7 Å². The maximum Gasteiger partial charge on any atom is 0.257 e. The average molecular weight is 446 g/mol. The minimum Gasteiger partial charge on any atom is -0.493 e. The first-order valence-electron chi connectivity index (χ1n) is 11.7. The van der Waals surface area contributed by atoms with E-state index in [1.807, 2.05) is 42.5 Å². The third kappa shape index (κ3) is 5.90. The molecule has 0 fully saturated rings. The van der Waals surface area contributed by atoms with Crippen LogP contribution in [-0.2, 0) is 6.42 Å². The van der Waals surface area contributed by atoms with Gasteiger partial charge < -0.3 is 20.4 Å². The summed E-state index contributed by atoms with van der Waals surface area (Å²) < 4.78 is 5.88. The monoisotopic (exact) mass is 445 g/mol. The highest BCUT2D eigenvalue weighted by Crippen LogP contribution is 2.25. The number of hydrogen-bond acceptors (Lipinski definition) is 4. The van der Waals surface area contributed by atoms with Crippen LogP contribution in [0.2, 0.25) is 0 Å². The summed E-state index contributed by atoms with van der Waals surface area (Å²) in [4.78, 5) is 28.5. The van der Waals surface area contributed by atoms with Crippen molar-refractivity contribution in [2.45, 2.75) is 45.1 Å². The number of ketones is 1. The van der Waals surface area contributed by atoms with Gasteiger partial charge in [0.2, 0.25) is 0 Å². The first kappa shape index (κ1) is 22.8. The molecule has 0 saturated carbocycles. The lowest BCUT2D eigenvalue weighted by molar-refractivity contribution is 0.0965. The number of aromatic amines is 1. The van der Waals surface area contributed by atoms with Gasteiger partial charge in [-0.15, -0.1) is 0 Å². The Morgan fingerprint density at radius 3 is 2.76 bits per heavy atom. The van der Waals surface area contributed by atoms with Gasteiger partial charge in [-0.2, -0.15) is 0 Å². The molecule has 3 aromatic rings. The molecule has 0 radical (unpaired) electrons. The van der Waals surface area contributed by atoms with Crippen molar-refractivity contribution in [1.82, 2.24) is 10.3 Å². The van der Waals surface area contributed by atoms with Crippen LogP contribution >= 0.6 is 0 Å². The summed E-state index contributed by atoms with van der Waals surface area (Å²) in [6.07, 6.45) is 5.63. The highest BCUT2D eigenvalue weighted by molar-refractivity contribution is 6.13. The van der Waals surface area contributed by atoms with Crippen LogP contribution < -0.4 is 15.4 Å². The van der Waals surface area contributed by atoms with Crippen molar-refractivity contribution in [3.05, 3.63) is 83.2 Å². The van der Waals surface area contributed by atoms with Crippen molar-refractivity contribution >= 4 is 17.4 Å². The predicted octanol–water partition coefficient (Wildman–Crippen LogP) is 5.30. The SMILES string of the molecule is CC(NCCCOc1cccc(NC(=O)c2c[nH]c3c2C(=O)CCCC3)c1)c1ccccc1. The number of benzene rings is 2. The molecule has 1 aliphatic rings. The number of Topliss-reactive ketones (excluding diaryl/α,β-unsaturated/α-hetero) is 1. The van der Waals surface area contributed by atoms with Crippen LogP contribution in [0.1, 0.15) is 70.6 Å². The van der Waals surface area contributed by atoms with Gasteiger partial charge in [0.1, 0.15) is 5.75 Å². The zero-order valence-electron chi connectivity index (χ0n) is 19.0. The number of aromatic nitrogens is 1. The van der Waals surface area contributed by atoms with Gasteiger partial charge in [0.15, 0.2) is 5.78 Å². The van der Waals surface area contributed by atoms with Crippen LogP contribution in [0.25, 0.3) is 0 Å². The number of hydrogen-bond donors (Lipinski definition) is 3. The first-order valence-corrected chi connectivity index (χ1v) is 11.7. The molecule has 1 unspecified atom stereocenters. The second kappa shape index (κ2) is 11.0. The molecule has 6 nitrogen and oxygen atoms in total. The summed E-state index contributed by atoms with van der Waals surface area (Å²) in [7, 11) is 0. The summed E-state index contributed by atoms with van der Waals surface area (Å²) in [5, 5.41) is 6.41. The molecule has 1 heterocycles. The summed E-state index contributed by atoms with van der Waals surface area (Å²) >= 11 is 0. The molecule has 1 amide bonds. The molecule has 1 atom stereocenters. The van der Waals surface area contributed by atoms with E-state index < -0.39 is 0 Å². The van der Waals surface area contributed by atoms with E-state index in [4.69, 9.17) is 4.74 Å². The highest BCUT2D eigenvalue weighted by Gasteiger charge is 2.24. The number of nitrogens with one attached hydrogen (secondary N) is 3. The second-order valence-electron chi connectivity index (χ2n) is 8.46. The minimum atomic E-state index is -0.279. The van der Waals surface area contributed by atoms with Crippen LogP contribution in [0.15, 0.2) is 60.8 Å². The van der Waals surface area contributed by atoms with E-state index in [9.17, 15) is 9.59 Å². The molecule has 1 aromatic heterocycles. The van der Waals surface area contributed by atoms with Crippen LogP contribution in [0.4, 0.5) is 5.69 Å². The Hall–Kier alpha value is -3.38. The zero-order valence-corrected chi connectivity index (χ0v) is 19.0. The number of rotatable bonds is 9. The number of ether oxygens (including phenoxy) is 1. The van der Waals surface area contributed by atoms with Gasteiger partial charge in [0, 0.05) is 36.1 Å². The van der Waals surface area contributed by atoms with Gasteiger partial charge in [-0.1, -0.05) is 36.4 Å². The van der Waals surface area contributed by atoms with E-state index >= 15 is 0 Å². The van der Waals surface area contributed by atoms with Gasteiger partial charge >= 0.3 is 0 Å². The molecule has 3 N–H and O–H groups in total. The summed E-state index contributed by atoms with van der Waals surface area (Å²) in [5.41, 5.74) is 3.75. The smallest absolute Gasteiger partial charge is 0.257 e. The number of carbonyl (C=O) groups excluding carboxylic acids is 2. The summed E-state index contributed by atoms with van der Waals surface area (Å²) in [5.74, 6) is 0.466. The van der Waals surface area contributed by atoms with E-state index in [0.717, 1.165) is 37.9 Å². The molecule has 0 bridgehead atoms. The van der Waals surface area contributed by atoms with Crippen molar-refractivity contribution in [2.24, 2.45) is 0 Å². The zero-order chi connectivity index (χ0) is 23.0. The molecule has 4 rings (SSSR count). The predicted molar refractivity (Wildman–Crippen MR) is 130 cm³/mol. The fourth-order valence-corrected chi connectivity index (χ4v) is 4.18. The lowest BCUT2D eigenvalue weighted by Crippen LogP contribution is -2.21. The number of H-pyrrole nitrogens is 1. The Bertz CT molecular complexity index is 1090. The molecular formula is C27H31N3O3. The average Bonchev–Trinajstić information content (AvgIpc) is 3.18. The van der Waals surface area contributed by atoms with E-state index in [2.05, 4.69) is 34.7 Å². The molecule has 0 aliphatic heterocycles. The standard InChI is InChI=1S/C27H31N3O3/c1-19(20-9-3-2-4-10-20)28-15-8-16-33-22-12-7-11-21(17-22)30-27(32)23-18-29-24-13-5-6-14-25(31)26(23)24/h2-4,7,9-12,17-19,28-29H,5-6,8,13-16H2,1H3,(H,30,32). The van der Waals surface area contributed by atoms with Crippen molar-refractivity contribution in [3.63, 3.8) is 0 Å². The van der Waals surface area contributed by atoms with Crippen molar-refractivity contribution in [1.29, 1.82) is 0 Å². The lowest BCUT2D eigenvalue weighted by Gasteiger charge is -2.14. The highest BCUT2D eigenvalue weighted by atomic mass is 16.5. The molecule has 172 valence electrons. The maximum absolute atomic E-state index is 12.9. The quantitative estimate of drug-likeness (QED) is 0.308. The summed E-state index contributed by atoms with van der Waals surface area (Å²) in [6.45, 7) is 3.57. The third-order valence-corrected chi connectivity index (χ3v) is 6.00. The lowest BCUT2D eigenvalue weighted by atomic mass is 10.0. The Morgan fingerprint density at radius 2 is 1.91 bits per heavy atom. The topological polar surface area (TPSA) is 83.2 Å². The normalized spacial score (nSPS) is 14.3. The fraction of sp³-hybridized carbons (Fsp3) is 0.333. The molecule has 33 heavy (non-hydrogen) atoms. The minimum absolute atomic E-state index is 0.0428. The fourth-order valence-electron chi connectivity index (χ4n) is 4.18. The Kier molecular flexibility index (Phi) is 7.58. The van der Waals surface area contributed by atoms with Gasteiger partial charge in [-0.3, -0.25) is 9.59 Å². The maximum atomic E-state index is 12.9. The molecule has 0 saturated heterocycles.